The number of aromatic nitrogens is 2. The minimum absolute atomic E-state index is 0.0834. The molecule has 2 amide bonds. The van der Waals surface area contributed by atoms with E-state index in [4.69, 9.17) is 11.6 Å². The van der Waals surface area contributed by atoms with Crippen molar-refractivity contribution in [2.75, 3.05) is 18.4 Å². The quantitative estimate of drug-likeness (QED) is 0.842. The fraction of sp³-hybridized carbons (Fsp3) is 0.500. The SMILES string of the molecule is O=C(Nc1ccccc1Cl)N1CCC[C@@H](c2nccn2CC2CCC2)C1. The van der Waals surface area contributed by atoms with Crippen molar-refractivity contribution in [2.24, 2.45) is 5.92 Å². The number of carbonyl (C=O) groups is 1. The summed E-state index contributed by atoms with van der Waals surface area (Å²) < 4.78 is 2.31. The van der Waals surface area contributed by atoms with Crippen LogP contribution in [-0.4, -0.2) is 33.6 Å². The number of likely N-dealkylation sites (tertiary alicyclic amines) is 1. The maximum Gasteiger partial charge on any atom is 0.321 e. The maximum absolute atomic E-state index is 12.7. The summed E-state index contributed by atoms with van der Waals surface area (Å²) in [6.07, 6.45) is 10.1. The number of urea groups is 1. The van der Waals surface area contributed by atoms with Crippen LogP contribution < -0.4 is 5.32 Å². The van der Waals surface area contributed by atoms with E-state index in [0.717, 1.165) is 37.7 Å². The number of hydrogen-bond donors (Lipinski definition) is 1. The summed E-state index contributed by atoms with van der Waals surface area (Å²) in [5, 5.41) is 3.50. The number of piperidine rings is 1. The van der Waals surface area contributed by atoms with Crippen LogP contribution in [0.15, 0.2) is 36.7 Å². The summed E-state index contributed by atoms with van der Waals surface area (Å²) in [5.41, 5.74) is 0.660. The van der Waals surface area contributed by atoms with Gasteiger partial charge in [-0.3, -0.25) is 0 Å². The molecule has 1 saturated heterocycles. The van der Waals surface area contributed by atoms with Crippen LogP contribution in [0.5, 0.6) is 0 Å². The zero-order chi connectivity index (χ0) is 17.9. The lowest BCUT2D eigenvalue weighted by atomic mass is 9.85. The van der Waals surface area contributed by atoms with E-state index >= 15 is 0 Å². The lowest BCUT2D eigenvalue weighted by Gasteiger charge is -2.33. The van der Waals surface area contributed by atoms with E-state index in [0.29, 0.717) is 23.2 Å². The molecule has 138 valence electrons. The lowest BCUT2D eigenvalue weighted by Crippen LogP contribution is -2.42. The first-order valence-corrected chi connectivity index (χ1v) is 9.90. The predicted molar refractivity (Wildman–Crippen MR) is 104 cm³/mol. The average Bonchev–Trinajstić information content (AvgIpc) is 3.08. The van der Waals surface area contributed by atoms with E-state index in [1.807, 2.05) is 29.3 Å². The standard InChI is InChI=1S/C20H25ClN4O/c21-17-8-1-2-9-18(17)23-20(26)25-11-4-7-16(14-25)19-22-10-12-24(19)13-15-5-3-6-15/h1-2,8-10,12,15-16H,3-7,11,13-14H2,(H,23,26)/t16-/m1/s1. The van der Waals surface area contributed by atoms with Gasteiger partial charge in [0.15, 0.2) is 0 Å². The first-order chi connectivity index (χ1) is 12.7. The van der Waals surface area contributed by atoms with Gasteiger partial charge in [-0.05, 0) is 43.7 Å². The van der Waals surface area contributed by atoms with Gasteiger partial charge in [0.25, 0.3) is 0 Å². The molecular formula is C20H25ClN4O. The first kappa shape index (κ1) is 17.4. The molecule has 6 heteroatoms. The molecule has 2 aromatic rings. The number of carbonyl (C=O) groups excluding carboxylic acids is 1. The highest BCUT2D eigenvalue weighted by molar-refractivity contribution is 6.33. The molecule has 0 spiro atoms. The van der Waals surface area contributed by atoms with Crippen LogP contribution >= 0.6 is 11.6 Å². The Labute approximate surface area is 159 Å². The Morgan fingerprint density at radius 2 is 2.08 bits per heavy atom. The molecule has 2 aliphatic rings. The van der Waals surface area contributed by atoms with Crippen molar-refractivity contribution in [1.29, 1.82) is 0 Å². The molecule has 2 fully saturated rings. The summed E-state index contributed by atoms with van der Waals surface area (Å²) in [4.78, 5) is 19.2. The van der Waals surface area contributed by atoms with Gasteiger partial charge in [-0.25, -0.2) is 9.78 Å². The fourth-order valence-electron chi connectivity index (χ4n) is 3.92. The topological polar surface area (TPSA) is 50.2 Å². The molecule has 0 radical (unpaired) electrons. The van der Waals surface area contributed by atoms with Gasteiger partial charge in [0, 0.05) is 37.9 Å². The molecule has 1 aromatic carbocycles. The zero-order valence-corrected chi connectivity index (χ0v) is 15.7. The molecule has 1 saturated carbocycles. The van der Waals surface area contributed by atoms with Crippen LogP contribution in [0.3, 0.4) is 0 Å². The Morgan fingerprint density at radius 3 is 2.85 bits per heavy atom. The molecule has 0 unspecified atom stereocenters. The molecular weight excluding hydrogens is 348 g/mol. The highest BCUT2D eigenvalue weighted by Gasteiger charge is 2.28. The molecule has 1 N–H and O–H groups in total. The molecule has 5 nitrogen and oxygen atoms in total. The summed E-state index contributed by atoms with van der Waals surface area (Å²) in [7, 11) is 0. The second kappa shape index (κ2) is 7.70. The number of nitrogens with zero attached hydrogens (tertiary/aromatic N) is 3. The second-order valence-electron chi connectivity index (χ2n) is 7.43. The number of amides is 2. The molecule has 1 aromatic heterocycles. The van der Waals surface area contributed by atoms with Crippen LogP contribution in [0.2, 0.25) is 5.02 Å². The van der Waals surface area contributed by atoms with Gasteiger partial charge < -0.3 is 14.8 Å². The van der Waals surface area contributed by atoms with Gasteiger partial charge >= 0.3 is 6.03 Å². The fourth-order valence-corrected chi connectivity index (χ4v) is 4.10. The minimum Gasteiger partial charge on any atom is -0.334 e. The van der Waals surface area contributed by atoms with Crippen LogP contribution in [0.1, 0.15) is 43.8 Å². The number of benzene rings is 1. The summed E-state index contributed by atoms with van der Waals surface area (Å²) in [6, 6.07) is 7.26. The number of nitrogens with one attached hydrogen (secondary N) is 1. The Hall–Kier alpha value is -2.01. The Bertz CT molecular complexity index is 771. The van der Waals surface area contributed by atoms with Crippen molar-refractivity contribution in [1.82, 2.24) is 14.5 Å². The van der Waals surface area contributed by atoms with Crippen molar-refractivity contribution >= 4 is 23.3 Å². The molecule has 1 aliphatic heterocycles. The Morgan fingerprint density at radius 1 is 1.23 bits per heavy atom. The number of imidazole rings is 1. The predicted octanol–water partition coefficient (Wildman–Crippen LogP) is 4.75. The molecule has 1 atom stereocenters. The van der Waals surface area contributed by atoms with Gasteiger partial charge in [0.05, 0.1) is 10.7 Å². The molecule has 0 bridgehead atoms. The van der Waals surface area contributed by atoms with Gasteiger partial charge in [0.2, 0.25) is 0 Å². The second-order valence-corrected chi connectivity index (χ2v) is 7.84. The van der Waals surface area contributed by atoms with E-state index in [1.54, 1.807) is 6.07 Å². The number of hydrogen-bond acceptors (Lipinski definition) is 2. The first-order valence-electron chi connectivity index (χ1n) is 9.52. The van der Waals surface area contributed by atoms with Crippen molar-refractivity contribution in [3.8, 4) is 0 Å². The van der Waals surface area contributed by atoms with Crippen molar-refractivity contribution < 1.29 is 4.79 Å². The Kier molecular flexibility index (Phi) is 5.16. The van der Waals surface area contributed by atoms with E-state index < -0.39 is 0 Å². The zero-order valence-electron chi connectivity index (χ0n) is 14.9. The van der Waals surface area contributed by atoms with Gasteiger partial charge in [-0.1, -0.05) is 30.2 Å². The summed E-state index contributed by atoms with van der Waals surface area (Å²) >= 11 is 6.16. The smallest absolute Gasteiger partial charge is 0.321 e. The summed E-state index contributed by atoms with van der Waals surface area (Å²) in [6.45, 7) is 2.55. The minimum atomic E-state index is -0.0834. The van der Waals surface area contributed by atoms with Gasteiger partial charge in [-0.15, -0.1) is 0 Å². The van der Waals surface area contributed by atoms with E-state index in [2.05, 4.69) is 21.1 Å². The van der Waals surface area contributed by atoms with Crippen LogP contribution in [-0.2, 0) is 6.54 Å². The number of para-hydroxylation sites is 1. The molecule has 26 heavy (non-hydrogen) atoms. The van der Waals surface area contributed by atoms with E-state index in [-0.39, 0.29) is 6.03 Å². The normalized spacial score (nSPS) is 20.7. The number of halogens is 1. The number of rotatable bonds is 4. The van der Waals surface area contributed by atoms with Crippen LogP contribution in [0, 0.1) is 5.92 Å². The molecule has 2 heterocycles. The molecule has 1 aliphatic carbocycles. The van der Waals surface area contributed by atoms with Crippen LogP contribution in [0.25, 0.3) is 0 Å². The third kappa shape index (κ3) is 3.73. The monoisotopic (exact) mass is 372 g/mol. The lowest BCUT2D eigenvalue weighted by molar-refractivity contribution is 0.189. The van der Waals surface area contributed by atoms with Crippen molar-refractivity contribution in [2.45, 2.75) is 44.6 Å². The maximum atomic E-state index is 12.7. The molecule has 4 rings (SSSR count). The largest absolute Gasteiger partial charge is 0.334 e. The average molecular weight is 373 g/mol. The third-order valence-corrected chi connectivity index (χ3v) is 5.95. The summed E-state index contributed by atoms with van der Waals surface area (Å²) in [5.74, 6) is 2.23. The van der Waals surface area contributed by atoms with Crippen molar-refractivity contribution in [3.05, 3.63) is 47.5 Å². The highest BCUT2D eigenvalue weighted by atomic mass is 35.5. The van der Waals surface area contributed by atoms with Crippen molar-refractivity contribution in [3.63, 3.8) is 0 Å². The Balaban J connectivity index is 1.42. The highest BCUT2D eigenvalue weighted by Crippen LogP contribution is 2.31. The van der Waals surface area contributed by atoms with Crippen LogP contribution in [0.4, 0.5) is 10.5 Å². The van der Waals surface area contributed by atoms with Gasteiger partial charge in [-0.2, -0.15) is 0 Å². The van der Waals surface area contributed by atoms with Gasteiger partial charge in [0.1, 0.15) is 5.82 Å². The van der Waals surface area contributed by atoms with E-state index in [9.17, 15) is 4.79 Å². The number of anilines is 1. The van der Waals surface area contributed by atoms with E-state index in [1.165, 1.54) is 19.3 Å². The third-order valence-electron chi connectivity index (χ3n) is 5.62.